The zero-order chi connectivity index (χ0) is 14.9. The lowest BCUT2D eigenvalue weighted by atomic mass is 10.1. The fraction of sp³-hybridized carbons (Fsp3) is 0.417. The number of non-ortho nitro benzene ring substituents is 1. The predicted molar refractivity (Wildman–Crippen MR) is 72.2 cm³/mol. The van der Waals surface area contributed by atoms with Crippen molar-refractivity contribution in [1.82, 2.24) is 4.90 Å². The summed E-state index contributed by atoms with van der Waals surface area (Å²) in [6.07, 6.45) is 0.402. The Kier molecular flexibility index (Phi) is 3.76. The first kappa shape index (κ1) is 14.4. The maximum Gasteiger partial charge on any atom is 0.270 e. The lowest BCUT2D eigenvalue weighted by Gasteiger charge is -2.23. The molecule has 20 heavy (non-hydrogen) atoms. The molecule has 0 unspecified atom stereocenters. The van der Waals surface area contributed by atoms with Crippen LogP contribution in [0.4, 0.5) is 5.69 Å². The molecule has 1 heterocycles. The standard InChI is InChI=1S/C12H14N2O5S/c1-13(11-5-6-20(18,19)8-11)12(15)9-3-2-4-10(7-9)14(16)17/h2-4,7,11H,5-6,8H2,1H3/t11-/m0/s1. The van der Waals surface area contributed by atoms with Gasteiger partial charge in [0, 0.05) is 30.8 Å². The average molecular weight is 298 g/mol. The Morgan fingerprint density at radius 3 is 2.70 bits per heavy atom. The summed E-state index contributed by atoms with van der Waals surface area (Å²) in [6.45, 7) is 0. The van der Waals surface area contributed by atoms with Gasteiger partial charge in [-0.05, 0) is 12.5 Å². The van der Waals surface area contributed by atoms with E-state index >= 15 is 0 Å². The van der Waals surface area contributed by atoms with Crippen LogP contribution in [-0.2, 0) is 9.84 Å². The molecule has 0 bridgehead atoms. The summed E-state index contributed by atoms with van der Waals surface area (Å²) < 4.78 is 22.8. The smallest absolute Gasteiger partial charge is 0.270 e. The molecule has 7 nitrogen and oxygen atoms in total. The highest BCUT2D eigenvalue weighted by Gasteiger charge is 2.33. The summed E-state index contributed by atoms with van der Waals surface area (Å²) in [6, 6.07) is 5.05. The molecule has 0 saturated carbocycles. The second-order valence-electron chi connectivity index (χ2n) is 4.78. The van der Waals surface area contributed by atoms with Crippen molar-refractivity contribution >= 4 is 21.4 Å². The predicted octanol–water partition coefficient (Wildman–Crippen LogP) is 0.854. The van der Waals surface area contributed by atoms with Gasteiger partial charge in [0.2, 0.25) is 0 Å². The SMILES string of the molecule is CN(C(=O)c1cccc([N+](=O)[O-])c1)[C@H]1CCS(=O)(=O)C1. The molecule has 1 aliphatic rings. The highest BCUT2D eigenvalue weighted by molar-refractivity contribution is 7.91. The monoisotopic (exact) mass is 298 g/mol. The Labute approximate surface area is 116 Å². The topological polar surface area (TPSA) is 97.6 Å². The van der Waals surface area contributed by atoms with Gasteiger partial charge in [-0.1, -0.05) is 6.07 Å². The molecule has 0 aromatic heterocycles. The van der Waals surface area contributed by atoms with Crippen molar-refractivity contribution in [2.75, 3.05) is 18.6 Å². The van der Waals surface area contributed by atoms with Crippen molar-refractivity contribution in [3.8, 4) is 0 Å². The molecule has 0 spiro atoms. The summed E-state index contributed by atoms with van der Waals surface area (Å²) >= 11 is 0. The van der Waals surface area contributed by atoms with E-state index < -0.39 is 20.7 Å². The number of nitrogens with zero attached hydrogens (tertiary/aromatic N) is 2. The molecule has 1 aliphatic heterocycles. The first-order chi connectivity index (χ1) is 9.30. The number of carbonyl (C=O) groups excluding carboxylic acids is 1. The molecule has 2 rings (SSSR count). The van der Waals surface area contributed by atoms with Gasteiger partial charge in [-0.25, -0.2) is 8.42 Å². The van der Waals surface area contributed by atoms with E-state index in [1.807, 2.05) is 0 Å². The minimum atomic E-state index is -3.08. The average Bonchev–Trinajstić information content (AvgIpc) is 2.77. The molecule has 0 aliphatic carbocycles. The minimum absolute atomic E-state index is 0.0514. The van der Waals surface area contributed by atoms with E-state index in [4.69, 9.17) is 0 Å². The Morgan fingerprint density at radius 1 is 1.45 bits per heavy atom. The number of amides is 1. The molecular weight excluding hydrogens is 284 g/mol. The number of hydrogen-bond donors (Lipinski definition) is 0. The molecule has 0 N–H and O–H groups in total. The highest BCUT2D eigenvalue weighted by atomic mass is 32.2. The van der Waals surface area contributed by atoms with E-state index in [-0.39, 0.29) is 28.8 Å². The Hall–Kier alpha value is -1.96. The van der Waals surface area contributed by atoms with Gasteiger partial charge in [0.1, 0.15) is 0 Å². The molecule has 1 fully saturated rings. The Balaban J connectivity index is 2.19. The van der Waals surface area contributed by atoms with Gasteiger partial charge in [-0.3, -0.25) is 14.9 Å². The van der Waals surface area contributed by atoms with Crippen LogP contribution in [0.25, 0.3) is 0 Å². The first-order valence-electron chi connectivity index (χ1n) is 6.02. The van der Waals surface area contributed by atoms with E-state index in [2.05, 4.69) is 0 Å². The highest BCUT2D eigenvalue weighted by Crippen LogP contribution is 2.20. The lowest BCUT2D eigenvalue weighted by Crippen LogP contribution is -2.37. The van der Waals surface area contributed by atoms with Gasteiger partial charge in [0.15, 0.2) is 9.84 Å². The van der Waals surface area contributed by atoms with Crippen molar-refractivity contribution in [2.24, 2.45) is 0 Å². The van der Waals surface area contributed by atoms with Crippen LogP contribution >= 0.6 is 0 Å². The molecule has 1 aromatic carbocycles. The number of carbonyl (C=O) groups is 1. The summed E-state index contributed by atoms with van der Waals surface area (Å²) in [4.78, 5) is 23.7. The number of sulfone groups is 1. The van der Waals surface area contributed by atoms with Crippen molar-refractivity contribution in [3.63, 3.8) is 0 Å². The number of nitro groups is 1. The van der Waals surface area contributed by atoms with Gasteiger partial charge in [0.05, 0.1) is 16.4 Å². The summed E-state index contributed by atoms with van der Waals surface area (Å²) in [5.74, 6) is -0.384. The maximum atomic E-state index is 12.2. The van der Waals surface area contributed by atoms with Crippen LogP contribution in [0.3, 0.4) is 0 Å². The van der Waals surface area contributed by atoms with E-state index in [9.17, 15) is 23.3 Å². The summed E-state index contributed by atoms with van der Waals surface area (Å²) in [7, 11) is -1.56. The van der Waals surface area contributed by atoms with Crippen LogP contribution in [-0.4, -0.2) is 48.7 Å². The minimum Gasteiger partial charge on any atom is -0.338 e. The Morgan fingerprint density at radius 2 is 2.15 bits per heavy atom. The van der Waals surface area contributed by atoms with Gasteiger partial charge in [-0.15, -0.1) is 0 Å². The van der Waals surface area contributed by atoms with E-state index in [0.29, 0.717) is 6.42 Å². The zero-order valence-electron chi connectivity index (χ0n) is 10.9. The lowest BCUT2D eigenvalue weighted by molar-refractivity contribution is -0.384. The molecule has 1 atom stereocenters. The summed E-state index contributed by atoms with van der Waals surface area (Å²) in [5.41, 5.74) is 0.0225. The number of hydrogen-bond acceptors (Lipinski definition) is 5. The molecule has 1 saturated heterocycles. The normalized spacial score (nSPS) is 20.6. The first-order valence-corrected chi connectivity index (χ1v) is 7.84. The van der Waals surface area contributed by atoms with E-state index in [1.165, 1.54) is 36.2 Å². The van der Waals surface area contributed by atoms with Gasteiger partial charge in [-0.2, -0.15) is 0 Å². The molecule has 1 amide bonds. The van der Waals surface area contributed by atoms with Crippen LogP contribution in [0.2, 0.25) is 0 Å². The second-order valence-corrected chi connectivity index (χ2v) is 7.01. The van der Waals surface area contributed by atoms with Crippen LogP contribution in [0, 0.1) is 10.1 Å². The Bertz CT molecular complexity index is 656. The van der Waals surface area contributed by atoms with Crippen LogP contribution in [0.5, 0.6) is 0 Å². The quantitative estimate of drug-likeness (QED) is 0.608. The van der Waals surface area contributed by atoms with Crippen molar-refractivity contribution in [1.29, 1.82) is 0 Å². The van der Waals surface area contributed by atoms with Crippen LogP contribution in [0.1, 0.15) is 16.8 Å². The molecule has 8 heteroatoms. The van der Waals surface area contributed by atoms with Gasteiger partial charge >= 0.3 is 0 Å². The second kappa shape index (κ2) is 5.20. The third-order valence-electron chi connectivity index (χ3n) is 3.38. The van der Waals surface area contributed by atoms with Gasteiger partial charge in [0.25, 0.3) is 11.6 Å². The van der Waals surface area contributed by atoms with Crippen molar-refractivity contribution < 1.29 is 18.1 Å². The molecule has 0 radical (unpaired) electrons. The van der Waals surface area contributed by atoms with Crippen LogP contribution in [0.15, 0.2) is 24.3 Å². The van der Waals surface area contributed by atoms with Crippen LogP contribution < -0.4 is 0 Å². The summed E-state index contributed by atoms with van der Waals surface area (Å²) in [5, 5.41) is 10.7. The van der Waals surface area contributed by atoms with Gasteiger partial charge < -0.3 is 4.90 Å². The third-order valence-corrected chi connectivity index (χ3v) is 5.13. The van der Waals surface area contributed by atoms with E-state index in [0.717, 1.165) is 0 Å². The van der Waals surface area contributed by atoms with E-state index in [1.54, 1.807) is 0 Å². The zero-order valence-corrected chi connectivity index (χ0v) is 11.7. The van der Waals surface area contributed by atoms with Crippen molar-refractivity contribution in [3.05, 3.63) is 39.9 Å². The van der Waals surface area contributed by atoms with Crippen molar-refractivity contribution in [2.45, 2.75) is 12.5 Å². The maximum absolute atomic E-state index is 12.2. The fourth-order valence-corrected chi connectivity index (χ4v) is 3.98. The molecular formula is C12H14N2O5S. The third kappa shape index (κ3) is 2.96. The fourth-order valence-electron chi connectivity index (χ4n) is 2.20. The molecule has 1 aromatic rings. The largest absolute Gasteiger partial charge is 0.338 e. The number of nitro benzene ring substituents is 1. The number of rotatable bonds is 3. The molecule has 108 valence electrons. The number of benzene rings is 1.